The summed E-state index contributed by atoms with van der Waals surface area (Å²) in [6.45, 7) is 2.42. The average Bonchev–Trinajstić information content (AvgIpc) is 2.17. The molecule has 0 spiro atoms. The Morgan fingerprint density at radius 1 is 1.47 bits per heavy atom. The molecule has 0 aromatic carbocycles. The van der Waals surface area contributed by atoms with Gasteiger partial charge in [0, 0.05) is 25.0 Å². The maximum absolute atomic E-state index is 10.9. The highest BCUT2D eigenvalue weighted by atomic mass is 32.2. The monoisotopic (exact) mass is 228 g/mol. The van der Waals surface area contributed by atoms with Gasteiger partial charge >= 0.3 is 0 Å². The zero-order valence-corrected chi connectivity index (χ0v) is 9.79. The van der Waals surface area contributed by atoms with E-state index >= 15 is 0 Å². The van der Waals surface area contributed by atoms with Crippen LogP contribution in [-0.4, -0.2) is 32.0 Å². The fourth-order valence-corrected chi connectivity index (χ4v) is 1.69. The third-order valence-corrected chi connectivity index (χ3v) is 3.00. The molecule has 1 rings (SSSR count). The largest absolute Gasteiger partial charge is 0.308 e. The average molecular weight is 228 g/mol. The zero-order valence-electron chi connectivity index (χ0n) is 8.97. The molecule has 84 valence electrons. The zero-order chi connectivity index (χ0) is 11.3. The van der Waals surface area contributed by atoms with Gasteiger partial charge in [-0.2, -0.15) is 0 Å². The first-order valence-electron chi connectivity index (χ1n) is 4.81. The predicted octanol–water partition coefficient (Wildman–Crippen LogP) is 0.777. The topological polar surface area (TPSA) is 59.1 Å². The molecule has 0 aliphatic carbocycles. The van der Waals surface area contributed by atoms with E-state index in [1.54, 1.807) is 6.20 Å². The second-order valence-corrected chi connectivity index (χ2v) is 5.82. The fourth-order valence-electron chi connectivity index (χ4n) is 1.20. The standard InChI is InChI=1S/C10H16N2O2S/c1-9(10-5-3-4-6-12-10)11-7-8-15(2,13)14/h3-6,9,11H,7-8H2,1-2H3. The van der Waals surface area contributed by atoms with Gasteiger partial charge in [0.1, 0.15) is 9.84 Å². The van der Waals surface area contributed by atoms with Crippen molar-refractivity contribution in [2.45, 2.75) is 13.0 Å². The Labute approximate surface area is 90.7 Å². The van der Waals surface area contributed by atoms with Gasteiger partial charge in [0.05, 0.1) is 11.4 Å². The Morgan fingerprint density at radius 3 is 2.73 bits per heavy atom. The molecule has 0 saturated heterocycles. The van der Waals surface area contributed by atoms with E-state index in [2.05, 4.69) is 10.3 Å². The Kier molecular flexibility index (Phi) is 4.23. The maximum atomic E-state index is 10.9. The van der Waals surface area contributed by atoms with E-state index in [1.165, 1.54) is 6.26 Å². The number of sulfone groups is 1. The first-order valence-corrected chi connectivity index (χ1v) is 6.87. The number of hydrogen-bond donors (Lipinski definition) is 1. The molecular weight excluding hydrogens is 212 g/mol. The molecule has 1 unspecified atom stereocenters. The Hall–Kier alpha value is -0.940. The van der Waals surface area contributed by atoms with Crippen molar-refractivity contribution in [2.75, 3.05) is 18.6 Å². The first kappa shape index (κ1) is 12.1. The normalized spacial score (nSPS) is 13.7. The van der Waals surface area contributed by atoms with Crippen molar-refractivity contribution in [1.29, 1.82) is 0 Å². The summed E-state index contributed by atoms with van der Waals surface area (Å²) in [5.74, 6) is 0.157. The summed E-state index contributed by atoms with van der Waals surface area (Å²) in [5.41, 5.74) is 0.922. The summed E-state index contributed by atoms with van der Waals surface area (Å²) < 4.78 is 21.8. The molecule has 1 aromatic heterocycles. The van der Waals surface area contributed by atoms with Crippen molar-refractivity contribution in [3.05, 3.63) is 30.1 Å². The molecule has 1 N–H and O–H groups in total. The predicted molar refractivity (Wildman–Crippen MR) is 60.4 cm³/mol. The Balaban J connectivity index is 2.41. The van der Waals surface area contributed by atoms with Crippen LogP contribution in [0.15, 0.2) is 24.4 Å². The molecule has 0 fully saturated rings. The number of nitrogens with one attached hydrogen (secondary N) is 1. The highest BCUT2D eigenvalue weighted by Crippen LogP contribution is 2.06. The minimum atomic E-state index is -2.88. The summed E-state index contributed by atoms with van der Waals surface area (Å²) >= 11 is 0. The van der Waals surface area contributed by atoms with E-state index in [-0.39, 0.29) is 11.8 Å². The van der Waals surface area contributed by atoms with Gasteiger partial charge in [-0.15, -0.1) is 0 Å². The van der Waals surface area contributed by atoms with Gasteiger partial charge in [0.15, 0.2) is 0 Å². The van der Waals surface area contributed by atoms with Crippen molar-refractivity contribution in [3.63, 3.8) is 0 Å². The minimum absolute atomic E-state index is 0.0768. The van der Waals surface area contributed by atoms with Crippen LogP contribution in [0, 0.1) is 0 Å². The number of hydrogen-bond acceptors (Lipinski definition) is 4. The fraction of sp³-hybridized carbons (Fsp3) is 0.500. The van der Waals surface area contributed by atoms with Crippen LogP contribution >= 0.6 is 0 Å². The highest BCUT2D eigenvalue weighted by molar-refractivity contribution is 7.90. The summed E-state index contributed by atoms with van der Waals surface area (Å²) in [6.07, 6.45) is 2.96. The third kappa shape index (κ3) is 4.90. The number of nitrogens with zero attached hydrogens (tertiary/aromatic N) is 1. The molecule has 0 saturated carbocycles. The van der Waals surface area contributed by atoms with Crippen molar-refractivity contribution in [2.24, 2.45) is 0 Å². The van der Waals surface area contributed by atoms with Gasteiger partial charge < -0.3 is 5.32 Å². The summed E-state index contributed by atoms with van der Waals surface area (Å²) in [7, 11) is -2.88. The van der Waals surface area contributed by atoms with Gasteiger partial charge in [-0.25, -0.2) is 8.42 Å². The molecule has 0 aliphatic heterocycles. The van der Waals surface area contributed by atoms with Crippen molar-refractivity contribution >= 4 is 9.84 Å². The summed E-state index contributed by atoms with van der Waals surface area (Å²) in [6, 6.07) is 5.76. The maximum Gasteiger partial charge on any atom is 0.148 e. The number of aromatic nitrogens is 1. The molecule has 15 heavy (non-hydrogen) atoms. The van der Waals surface area contributed by atoms with Gasteiger partial charge in [0.25, 0.3) is 0 Å². The lowest BCUT2D eigenvalue weighted by Crippen LogP contribution is -2.25. The summed E-state index contributed by atoms with van der Waals surface area (Å²) in [4.78, 5) is 4.18. The Bertz CT molecular complexity index is 389. The van der Waals surface area contributed by atoms with E-state index < -0.39 is 9.84 Å². The van der Waals surface area contributed by atoms with Gasteiger partial charge in [-0.1, -0.05) is 6.07 Å². The smallest absolute Gasteiger partial charge is 0.148 e. The van der Waals surface area contributed by atoms with Crippen molar-refractivity contribution in [1.82, 2.24) is 10.3 Å². The lowest BCUT2D eigenvalue weighted by Gasteiger charge is -2.12. The highest BCUT2D eigenvalue weighted by Gasteiger charge is 2.07. The molecule has 1 aromatic rings. The minimum Gasteiger partial charge on any atom is -0.308 e. The number of rotatable bonds is 5. The lowest BCUT2D eigenvalue weighted by atomic mass is 10.2. The van der Waals surface area contributed by atoms with Gasteiger partial charge in [-0.05, 0) is 19.1 Å². The van der Waals surface area contributed by atoms with Crippen LogP contribution < -0.4 is 5.32 Å². The van der Waals surface area contributed by atoms with Crippen LogP contribution in [0.3, 0.4) is 0 Å². The molecule has 0 radical (unpaired) electrons. The van der Waals surface area contributed by atoms with Crippen molar-refractivity contribution < 1.29 is 8.42 Å². The van der Waals surface area contributed by atoms with Gasteiger partial charge in [-0.3, -0.25) is 4.98 Å². The SMILES string of the molecule is CC(NCCS(C)(=O)=O)c1ccccn1. The van der Waals surface area contributed by atoms with E-state index in [0.717, 1.165) is 5.69 Å². The number of pyridine rings is 1. The van der Waals surface area contributed by atoms with Gasteiger partial charge in [0.2, 0.25) is 0 Å². The molecule has 5 heteroatoms. The first-order chi connectivity index (χ1) is 6.99. The molecule has 0 aliphatic rings. The van der Waals surface area contributed by atoms with Crippen LogP contribution in [-0.2, 0) is 9.84 Å². The molecule has 4 nitrogen and oxygen atoms in total. The third-order valence-electron chi connectivity index (χ3n) is 2.05. The van der Waals surface area contributed by atoms with E-state index in [0.29, 0.717) is 6.54 Å². The van der Waals surface area contributed by atoms with Crippen LogP contribution in [0.1, 0.15) is 18.7 Å². The summed E-state index contributed by atoms with van der Waals surface area (Å²) in [5, 5.41) is 3.11. The van der Waals surface area contributed by atoms with E-state index in [9.17, 15) is 8.42 Å². The molecule has 1 heterocycles. The lowest BCUT2D eigenvalue weighted by molar-refractivity contribution is 0.568. The van der Waals surface area contributed by atoms with E-state index in [1.807, 2.05) is 25.1 Å². The van der Waals surface area contributed by atoms with E-state index in [4.69, 9.17) is 0 Å². The molecular formula is C10H16N2O2S. The van der Waals surface area contributed by atoms with Crippen LogP contribution in [0.5, 0.6) is 0 Å². The van der Waals surface area contributed by atoms with Crippen LogP contribution in [0.2, 0.25) is 0 Å². The quantitative estimate of drug-likeness (QED) is 0.809. The second-order valence-electron chi connectivity index (χ2n) is 3.56. The molecule has 1 atom stereocenters. The van der Waals surface area contributed by atoms with Crippen molar-refractivity contribution in [3.8, 4) is 0 Å². The Morgan fingerprint density at radius 2 is 2.20 bits per heavy atom. The second kappa shape index (κ2) is 5.23. The molecule has 0 bridgehead atoms. The molecule has 0 amide bonds. The van der Waals surface area contributed by atoms with Crippen LogP contribution in [0.25, 0.3) is 0 Å². The van der Waals surface area contributed by atoms with Crippen LogP contribution in [0.4, 0.5) is 0 Å².